The summed E-state index contributed by atoms with van der Waals surface area (Å²) in [4.78, 5) is 40.4. The van der Waals surface area contributed by atoms with Gasteiger partial charge in [-0.25, -0.2) is 9.59 Å². The highest BCUT2D eigenvalue weighted by Gasteiger charge is 2.49. The SMILES string of the molecule is CC(C)(C)C(=O)OC(=O)C1CC(C)(N=CC2CCCCC2)C(=O)O1. The van der Waals surface area contributed by atoms with Gasteiger partial charge in [0.2, 0.25) is 6.10 Å². The van der Waals surface area contributed by atoms with Gasteiger partial charge in [0.05, 0.1) is 5.41 Å². The molecule has 6 heteroatoms. The fourth-order valence-electron chi connectivity index (χ4n) is 2.84. The summed E-state index contributed by atoms with van der Waals surface area (Å²) in [5, 5.41) is 0. The van der Waals surface area contributed by atoms with Crippen LogP contribution in [-0.4, -0.2) is 35.8 Å². The number of carbonyl (C=O) groups is 3. The van der Waals surface area contributed by atoms with Crippen LogP contribution in [0.25, 0.3) is 0 Å². The Morgan fingerprint density at radius 1 is 1.25 bits per heavy atom. The molecule has 0 aromatic rings. The normalized spacial score (nSPS) is 28.8. The molecule has 2 fully saturated rings. The molecule has 134 valence electrons. The first-order chi connectivity index (χ1) is 11.1. The van der Waals surface area contributed by atoms with E-state index < -0.39 is 35.0 Å². The zero-order valence-electron chi connectivity index (χ0n) is 15.0. The van der Waals surface area contributed by atoms with Crippen LogP contribution in [0.5, 0.6) is 0 Å². The minimum Gasteiger partial charge on any atom is -0.448 e. The van der Waals surface area contributed by atoms with E-state index in [1.54, 1.807) is 27.7 Å². The van der Waals surface area contributed by atoms with Crippen molar-refractivity contribution in [1.29, 1.82) is 0 Å². The Morgan fingerprint density at radius 2 is 1.88 bits per heavy atom. The number of ether oxygens (including phenoxy) is 2. The summed E-state index contributed by atoms with van der Waals surface area (Å²) in [6, 6.07) is 0. The molecule has 1 saturated carbocycles. The highest BCUT2D eigenvalue weighted by atomic mass is 16.6. The van der Waals surface area contributed by atoms with Crippen LogP contribution in [0.4, 0.5) is 0 Å². The number of aliphatic imine (C=N–C) groups is 1. The summed E-state index contributed by atoms with van der Waals surface area (Å²) in [5.74, 6) is -1.61. The monoisotopic (exact) mass is 337 g/mol. The third-order valence-corrected chi connectivity index (χ3v) is 4.56. The zero-order chi connectivity index (χ0) is 18.0. The number of rotatable bonds is 3. The molecule has 1 aliphatic heterocycles. The third kappa shape index (κ3) is 4.42. The molecule has 24 heavy (non-hydrogen) atoms. The van der Waals surface area contributed by atoms with E-state index in [9.17, 15) is 14.4 Å². The Morgan fingerprint density at radius 3 is 2.46 bits per heavy atom. The molecule has 0 amide bonds. The van der Waals surface area contributed by atoms with Crippen molar-refractivity contribution in [3.05, 3.63) is 0 Å². The summed E-state index contributed by atoms with van der Waals surface area (Å²) < 4.78 is 9.94. The maximum atomic E-state index is 12.1. The maximum Gasteiger partial charge on any atom is 0.355 e. The summed E-state index contributed by atoms with van der Waals surface area (Å²) >= 11 is 0. The van der Waals surface area contributed by atoms with Crippen molar-refractivity contribution in [3.63, 3.8) is 0 Å². The van der Waals surface area contributed by atoms with Crippen molar-refractivity contribution < 1.29 is 23.9 Å². The molecule has 2 atom stereocenters. The Hall–Kier alpha value is -1.72. The highest BCUT2D eigenvalue weighted by Crippen LogP contribution is 2.31. The molecule has 0 aromatic carbocycles. The van der Waals surface area contributed by atoms with E-state index in [2.05, 4.69) is 4.99 Å². The van der Waals surface area contributed by atoms with Gasteiger partial charge < -0.3 is 9.47 Å². The first-order valence-electron chi connectivity index (χ1n) is 8.64. The molecule has 2 aliphatic rings. The molecule has 0 N–H and O–H groups in total. The predicted molar refractivity (Wildman–Crippen MR) is 88.5 cm³/mol. The molecule has 0 radical (unpaired) electrons. The van der Waals surface area contributed by atoms with Gasteiger partial charge in [0, 0.05) is 12.6 Å². The molecule has 1 aliphatic carbocycles. The molecular weight excluding hydrogens is 310 g/mol. The zero-order valence-corrected chi connectivity index (χ0v) is 15.0. The average molecular weight is 337 g/mol. The van der Waals surface area contributed by atoms with Crippen LogP contribution < -0.4 is 0 Å². The van der Waals surface area contributed by atoms with Crippen LogP contribution in [0.3, 0.4) is 0 Å². The second kappa shape index (κ2) is 7.03. The van der Waals surface area contributed by atoms with Crippen molar-refractivity contribution in [1.82, 2.24) is 0 Å². The van der Waals surface area contributed by atoms with Gasteiger partial charge in [-0.15, -0.1) is 0 Å². The largest absolute Gasteiger partial charge is 0.448 e. The van der Waals surface area contributed by atoms with Gasteiger partial charge in [-0.05, 0) is 46.5 Å². The molecule has 1 saturated heterocycles. The minimum absolute atomic E-state index is 0.102. The summed E-state index contributed by atoms with van der Waals surface area (Å²) in [5.41, 5.74) is -1.87. The van der Waals surface area contributed by atoms with Gasteiger partial charge in [0.15, 0.2) is 5.54 Å². The van der Waals surface area contributed by atoms with Crippen LogP contribution in [0, 0.1) is 11.3 Å². The molecule has 0 spiro atoms. The predicted octanol–water partition coefficient (Wildman–Crippen LogP) is 2.83. The van der Waals surface area contributed by atoms with E-state index in [1.165, 1.54) is 19.3 Å². The summed E-state index contributed by atoms with van der Waals surface area (Å²) in [6.45, 7) is 6.62. The van der Waals surface area contributed by atoms with E-state index in [1.807, 2.05) is 6.21 Å². The van der Waals surface area contributed by atoms with Gasteiger partial charge in [-0.3, -0.25) is 9.79 Å². The topological polar surface area (TPSA) is 82.0 Å². The smallest absolute Gasteiger partial charge is 0.355 e. The number of nitrogens with zero attached hydrogens (tertiary/aromatic N) is 1. The van der Waals surface area contributed by atoms with Crippen LogP contribution in [-0.2, 0) is 23.9 Å². The van der Waals surface area contributed by atoms with Gasteiger partial charge in [-0.1, -0.05) is 19.3 Å². The second-order valence-electron chi connectivity index (χ2n) is 8.01. The lowest BCUT2D eigenvalue weighted by Gasteiger charge is -2.19. The number of hydrogen-bond acceptors (Lipinski definition) is 6. The third-order valence-electron chi connectivity index (χ3n) is 4.56. The maximum absolute atomic E-state index is 12.1. The summed E-state index contributed by atoms with van der Waals surface area (Å²) in [7, 11) is 0. The number of hydrogen-bond donors (Lipinski definition) is 0. The lowest BCUT2D eigenvalue weighted by atomic mass is 9.90. The molecule has 2 unspecified atom stereocenters. The Kier molecular flexibility index (Phi) is 5.45. The first kappa shape index (κ1) is 18.6. The molecule has 0 bridgehead atoms. The van der Waals surface area contributed by atoms with Crippen molar-refractivity contribution in [2.45, 2.75) is 77.9 Å². The van der Waals surface area contributed by atoms with E-state index in [-0.39, 0.29) is 6.42 Å². The van der Waals surface area contributed by atoms with Crippen LogP contribution in [0.15, 0.2) is 4.99 Å². The van der Waals surface area contributed by atoms with Crippen molar-refractivity contribution in [2.75, 3.05) is 0 Å². The Bertz CT molecular complexity index is 542. The number of carbonyl (C=O) groups excluding carboxylic acids is 3. The van der Waals surface area contributed by atoms with E-state index in [0.717, 1.165) is 12.8 Å². The molecular formula is C18H27NO5. The summed E-state index contributed by atoms with van der Waals surface area (Å²) in [6.07, 6.45) is 6.65. The average Bonchev–Trinajstić information content (AvgIpc) is 2.81. The van der Waals surface area contributed by atoms with E-state index in [0.29, 0.717) is 5.92 Å². The van der Waals surface area contributed by atoms with E-state index in [4.69, 9.17) is 9.47 Å². The van der Waals surface area contributed by atoms with Gasteiger partial charge >= 0.3 is 17.9 Å². The fourth-order valence-corrected chi connectivity index (χ4v) is 2.84. The minimum atomic E-state index is -1.08. The van der Waals surface area contributed by atoms with Crippen molar-refractivity contribution in [2.24, 2.45) is 16.3 Å². The molecule has 1 heterocycles. The Labute approximate surface area is 143 Å². The van der Waals surface area contributed by atoms with Crippen molar-refractivity contribution >= 4 is 24.1 Å². The van der Waals surface area contributed by atoms with Gasteiger partial charge in [0.25, 0.3) is 0 Å². The lowest BCUT2D eigenvalue weighted by molar-refractivity contribution is -0.174. The van der Waals surface area contributed by atoms with Crippen molar-refractivity contribution in [3.8, 4) is 0 Å². The molecule has 2 rings (SSSR count). The van der Waals surface area contributed by atoms with E-state index >= 15 is 0 Å². The lowest BCUT2D eigenvalue weighted by Crippen LogP contribution is -2.32. The van der Waals surface area contributed by atoms with Crippen LogP contribution in [0.1, 0.15) is 66.2 Å². The van der Waals surface area contributed by atoms with Gasteiger partial charge in [-0.2, -0.15) is 0 Å². The fraction of sp³-hybridized carbons (Fsp3) is 0.778. The van der Waals surface area contributed by atoms with Gasteiger partial charge in [0.1, 0.15) is 0 Å². The molecule has 6 nitrogen and oxygen atoms in total. The standard InChI is InChI=1S/C18H27NO5/c1-17(2,3)15(21)24-14(20)13-10-18(4,16(22)23-13)19-11-12-8-6-5-7-9-12/h11-13H,5-10H2,1-4H3. The first-order valence-corrected chi connectivity index (χ1v) is 8.64. The van der Waals surface area contributed by atoms with Crippen LogP contribution in [0.2, 0.25) is 0 Å². The second-order valence-corrected chi connectivity index (χ2v) is 8.01. The number of esters is 3. The van der Waals surface area contributed by atoms with Crippen LogP contribution >= 0.6 is 0 Å². The number of cyclic esters (lactones) is 1. The Balaban J connectivity index is 1.97. The highest BCUT2D eigenvalue weighted by molar-refractivity contribution is 5.95. The quantitative estimate of drug-likeness (QED) is 0.449. The molecule has 0 aromatic heterocycles.